The first-order valence-corrected chi connectivity index (χ1v) is 20.2. The lowest BCUT2D eigenvalue weighted by Gasteiger charge is -2.22. The number of fused-ring (bicyclic) bond motifs is 8. The van der Waals surface area contributed by atoms with Crippen LogP contribution < -0.4 is 5.32 Å². The molecule has 0 spiro atoms. The highest BCUT2D eigenvalue weighted by Crippen LogP contribution is 2.34. The van der Waals surface area contributed by atoms with Crippen molar-refractivity contribution in [2.75, 3.05) is 5.32 Å². The first-order valence-electron chi connectivity index (χ1n) is 20.2. The van der Waals surface area contributed by atoms with Gasteiger partial charge in [0.15, 0.2) is 0 Å². The van der Waals surface area contributed by atoms with Gasteiger partial charge in [-0.3, -0.25) is 15.0 Å². The molecule has 3 N–H and O–H groups in total. The van der Waals surface area contributed by atoms with E-state index in [4.69, 9.17) is 15.0 Å². The fourth-order valence-corrected chi connectivity index (χ4v) is 7.30. The average molecular weight is 767 g/mol. The Labute approximate surface area is 343 Å². The van der Waals surface area contributed by atoms with E-state index in [0.717, 1.165) is 81.8 Å². The molecule has 0 fully saturated rings. The number of aliphatic imine (C=N–C) groups is 3. The summed E-state index contributed by atoms with van der Waals surface area (Å²) < 4.78 is 0. The van der Waals surface area contributed by atoms with E-state index in [1.165, 1.54) is 5.56 Å². The van der Waals surface area contributed by atoms with E-state index in [9.17, 15) is 10.2 Å². The van der Waals surface area contributed by atoms with Gasteiger partial charge in [-0.2, -0.15) is 0 Å². The lowest BCUT2D eigenvalue weighted by atomic mass is 9.84. The molecule has 0 amide bonds. The smallest absolute Gasteiger partial charge is 0.133 e. The molecule has 0 aliphatic carbocycles. The minimum absolute atomic E-state index is 0.136. The van der Waals surface area contributed by atoms with Crippen LogP contribution >= 0.6 is 0 Å². The first kappa shape index (κ1) is 39.9. The Morgan fingerprint density at radius 1 is 0.431 bits per heavy atom. The van der Waals surface area contributed by atoms with Crippen LogP contribution in [0, 0.1) is 0 Å². The van der Waals surface area contributed by atoms with Crippen LogP contribution in [-0.2, 0) is 43.1 Å². The normalized spacial score (nSPS) is 13.8. The van der Waals surface area contributed by atoms with E-state index in [2.05, 4.69) is 95.4 Å². The summed E-state index contributed by atoms with van der Waals surface area (Å²) in [5, 5.41) is 27.0. The number of phenolic OH excluding ortho intramolecular Hbond substituents is 2. The highest BCUT2D eigenvalue weighted by Gasteiger charge is 2.20. The summed E-state index contributed by atoms with van der Waals surface area (Å²) in [4.78, 5) is 14.9. The number of nitrogens with zero attached hydrogens (tertiary/aromatic N) is 3. The number of aromatic hydroxyl groups is 2. The molecule has 0 saturated heterocycles. The fourth-order valence-electron chi connectivity index (χ4n) is 7.30. The van der Waals surface area contributed by atoms with Gasteiger partial charge >= 0.3 is 0 Å². The molecule has 0 unspecified atom stereocenters. The molecule has 6 nitrogen and oxygen atoms in total. The third-order valence-corrected chi connectivity index (χ3v) is 10.9. The van der Waals surface area contributed by atoms with Gasteiger partial charge in [-0.15, -0.1) is 0 Å². The van der Waals surface area contributed by atoms with Gasteiger partial charge in [0, 0.05) is 53.1 Å². The van der Waals surface area contributed by atoms with Crippen LogP contribution in [0.2, 0.25) is 0 Å². The van der Waals surface area contributed by atoms with Crippen LogP contribution in [0.25, 0.3) is 0 Å². The van der Waals surface area contributed by atoms with Gasteiger partial charge in [0.1, 0.15) is 11.5 Å². The van der Waals surface area contributed by atoms with Crippen LogP contribution in [0.1, 0.15) is 97.2 Å². The Bertz CT molecular complexity index is 2520. The molecule has 1 aliphatic rings. The minimum Gasteiger partial charge on any atom is -0.507 e. The van der Waals surface area contributed by atoms with Crippen molar-refractivity contribution in [3.63, 3.8) is 0 Å². The molecule has 6 aromatic rings. The molecule has 4 bridgehead atoms. The molecular weight excluding hydrogens is 713 g/mol. The highest BCUT2D eigenvalue weighted by atomic mass is 16.3. The van der Waals surface area contributed by atoms with Crippen LogP contribution in [0.3, 0.4) is 0 Å². The third-order valence-electron chi connectivity index (χ3n) is 10.9. The lowest BCUT2D eigenvalue weighted by Crippen LogP contribution is -2.13. The molecule has 6 aromatic carbocycles. The number of hydrogen-bond donors (Lipinski definition) is 3. The molecule has 0 aromatic heterocycles. The number of anilines is 1. The van der Waals surface area contributed by atoms with E-state index >= 15 is 0 Å². The fraction of sp³-hybridized carbons (Fsp3) is 0.250. The maximum Gasteiger partial charge on any atom is 0.133 e. The lowest BCUT2D eigenvalue weighted by molar-refractivity contribution is 0.466. The maximum absolute atomic E-state index is 11.7. The number of phenols is 2. The summed E-state index contributed by atoms with van der Waals surface area (Å²) >= 11 is 0. The zero-order valence-corrected chi connectivity index (χ0v) is 34.6. The van der Waals surface area contributed by atoms with Crippen molar-refractivity contribution in [1.82, 2.24) is 0 Å². The molecule has 0 saturated carbocycles. The van der Waals surface area contributed by atoms with Crippen molar-refractivity contribution in [3.05, 3.63) is 177 Å². The molecule has 0 atom stereocenters. The molecule has 1 aliphatic heterocycles. The van der Waals surface area contributed by atoms with E-state index < -0.39 is 0 Å². The average Bonchev–Trinajstić information content (AvgIpc) is 3.20. The summed E-state index contributed by atoms with van der Waals surface area (Å²) in [7, 11) is 0. The van der Waals surface area contributed by atoms with E-state index in [1.807, 2.05) is 72.8 Å². The molecule has 294 valence electrons. The Balaban J connectivity index is 1.34. The second-order valence-corrected chi connectivity index (χ2v) is 17.2. The summed E-state index contributed by atoms with van der Waals surface area (Å²) in [6.07, 6.45) is 8.39. The van der Waals surface area contributed by atoms with Gasteiger partial charge in [-0.1, -0.05) is 114 Å². The molecule has 7 rings (SSSR count). The maximum atomic E-state index is 11.7. The van der Waals surface area contributed by atoms with Gasteiger partial charge in [0.05, 0.1) is 17.1 Å². The Hall–Kier alpha value is -6.27. The van der Waals surface area contributed by atoms with Gasteiger partial charge in [-0.05, 0) is 118 Å². The summed E-state index contributed by atoms with van der Waals surface area (Å²) in [5.41, 5.74) is 12.8. The highest BCUT2D eigenvalue weighted by molar-refractivity contribution is 5.94. The predicted molar refractivity (Wildman–Crippen MR) is 243 cm³/mol. The second-order valence-electron chi connectivity index (χ2n) is 17.2. The van der Waals surface area contributed by atoms with Crippen molar-refractivity contribution in [2.24, 2.45) is 15.0 Å². The van der Waals surface area contributed by atoms with Gasteiger partial charge in [-0.25, -0.2) is 0 Å². The third kappa shape index (κ3) is 9.46. The first-order chi connectivity index (χ1) is 27.8. The van der Waals surface area contributed by atoms with E-state index in [1.54, 1.807) is 18.6 Å². The predicted octanol–water partition coefficient (Wildman–Crippen LogP) is 12.4. The minimum atomic E-state index is -0.165. The van der Waals surface area contributed by atoms with E-state index in [0.29, 0.717) is 23.2 Å². The Morgan fingerprint density at radius 2 is 0.793 bits per heavy atom. The second kappa shape index (κ2) is 17.1. The molecular formula is C52H54N4O2. The van der Waals surface area contributed by atoms with Gasteiger partial charge in [0.2, 0.25) is 0 Å². The number of para-hydroxylation sites is 4. The number of rotatable bonds is 0. The zero-order valence-electron chi connectivity index (χ0n) is 34.6. The molecule has 1 heterocycles. The topological polar surface area (TPSA) is 89.6 Å². The van der Waals surface area contributed by atoms with Crippen molar-refractivity contribution in [1.29, 1.82) is 0 Å². The molecule has 6 heteroatoms. The molecule has 0 radical (unpaired) electrons. The van der Waals surface area contributed by atoms with Gasteiger partial charge in [0.25, 0.3) is 0 Å². The van der Waals surface area contributed by atoms with Crippen LogP contribution in [0.5, 0.6) is 11.5 Å². The van der Waals surface area contributed by atoms with E-state index in [-0.39, 0.29) is 22.3 Å². The van der Waals surface area contributed by atoms with Crippen molar-refractivity contribution in [3.8, 4) is 11.5 Å². The monoisotopic (exact) mass is 766 g/mol. The number of aryl methyl sites for hydroxylation is 4. The van der Waals surface area contributed by atoms with Crippen molar-refractivity contribution < 1.29 is 10.2 Å². The Morgan fingerprint density at radius 3 is 1.24 bits per heavy atom. The number of nitrogens with one attached hydrogen (secondary N) is 1. The number of hydrogen-bond acceptors (Lipinski definition) is 6. The van der Waals surface area contributed by atoms with Crippen molar-refractivity contribution >= 4 is 41.4 Å². The summed E-state index contributed by atoms with van der Waals surface area (Å²) in [6, 6.07) is 41.1. The largest absolute Gasteiger partial charge is 0.507 e. The van der Waals surface area contributed by atoms with Crippen molar-refractivity contribution in [2.45, 2.75) is 84.6 Å². The van der Waals surface area contributed by atoms with Gasteiger partial charge < -0.3 is 15.5 Å². The molecule has 58 heavy (non-hydrogen) atoms. The number of benzene rings is 6. The van der Waals surface area contributed by atoms with Crippen LogP contribution in [-0.4, -0.2) is 28.9 Å². The Kier molecular flexibility index (Phi) is 11.8. The van der Waals surface area contributed by atoms with Crippen LogP contribution in [0.15, 0.2) is 136 Å². The SMILES string of the molecule is CC(C)(C)c1cc2c(O)c(c1)C=Nc1ccccc1CCc1ccccc1NCc1cc(C(C)(C)C)cc(c1O)C=Nc1ccccc1CCc1ccccc1N=C2. The standard InChI is InChI=1S/C52H54N4O2/c1-51(2,3)43-27-39-31-53-45-19-11-7-15-35(45)23-25-37-17-9-13-21-47(37)55-33-41-29-44(52(4,5)6)30-42(50(41)58)34-56-48-22-14-10-18-38(48)26-24-36-16-8-12-20-46(36)54-32-40(28-43)49(39)57/h7-22,27-33,56-58H,23-26,34H2,1-6H3. The quantitative estimate of drug-likeness (QED) is 0.144. The summed E-state index contributed by atoms with van der Waals surface area (Å²) in [5.74, 6) is 0.374. The zero-order chi connectivity index (χ0) is 40.9. The van der Waals surface area contributed by atoms with Crippen LogP contribution in [0.4, 0.5) is 22.7 Å². The summed E-state index contributed by atoms with van der Waals surface area (Å²) in [6.45, 7) is 13.5.